The van der Waals surface area contributed by atoms with Crippen LogP contribution in [0, 0.1) is 13.8 Å². The van der Waals surface area contributed by atoms with E-state index in [9.17, 15) is 35.5 Å². The largest absolute Gasteiger partial charge is 0.460 e. The van der Waals surface area contributed by atoms with Crippen LogP contribution >= 0.6 is 0 Å². The maximum Gasteiger partial charge on any atom is 0.460 e. The lowest BCUT2D eigenvalue weighted by Crippen LogP contribution is -2.54. The molecule has 1 aromatic rings. The lowest BCUT2D eigenvalue weighted by Gasteiger charge is -2.27. The molecule has 1 heterocycles. The lowest BCUT2D eigenvalue weighted by atomic mass is 10.1. The van der Waals surface area contributed by atoms with Crippen molar-refractivity contribution < 1.29 is 40.3 Å². The van der Waals surface area contributed by atoms with Crippen molar-refractivity contribution in [2.24, 2.45) is 0 Å². The van der Waals surface area contributed by atoms with Gasteiger partial charge in [-0.2, -0.15) is 30.7 Å². The zero-order chi connectivity index (χ0) is 16.6. The minimum absolute atomic E-state index is 0.193. The van der Waals surface area contributed by atoms with Gasteiger partial charge in [0, 0.05) is 11.9 Å². The van der Waals surface area contributed by atoms with E-state index >= 15 is 0 Å². The van der Waals surface area contributed by atoms with E-state index < -0.39 is 30.6 Å². The SMILES string of the molecule is Cc1c[nH]c(C)c1C(=O)OCC(F)(F)C(F)(F)C(F)(F)F. The van der Waals surface area contributed by atoms with E-state index in [1.807, 2.05) is 0 Å². The van der Waals surface area contributed by atoms with Crippen LogP contribution in [-0.4, -0.2) is 35.6 Å². The van der Waals surface area contributed by atoms with Crippen molar-refractivity contribution in [3.8, 4) is 0 Å². The first kappa shape index (κ1) is 17.3. The van der Waals surface area contributed by atoms with Gasteiger partial charge in [0.15, 0.2) is 6.61 Å². The molecular formula is C11H10F7NO2. The first-order valence-electron chi connectivity index (χ1n) is 5.45. The van der Waals surface area contributed by atoms with Crippen LogP contribution < -0.4 is 0 Å². The zero-order valence-electron chi connectivity index (χ0n) is 10.7. The van der Waals surface area contributed by atoms with Crippen LogP contribution in [0.3, 0.4) is 0 Å². The number of rotatable bonds is 4. The van der Waals surface area contributed by atoms with Crippen molar-refractivity contribution in [2.45, 2.75) is 31.9 Å². The number of aryl methyl sites for hydroxylation is 2. The maximum absolute atomic E-state index is 12.9. The molecule has 10 heteroatoms. The highest BCUT2D eigenvalue weighted by molar-refractivity contribution is 5.92. The number of halogens is 7. The Labute approximate surface area is 114 Å². The number of aromatic amines is 1. The fourth-order valence-electron chi connectivity index (χ4n) is 1.50. The molecule has 21 heavy (non-hydrogen) atoms. The Morgan fingerprint density at radius 2 is 1.67 bits per heavy atom. The van der Waals surface area contributed by atoms with Crippen LogP contribution in [0.4, 0.5) is 30.7 Å². The molecule has 0 saturated heterocycles. The summed E-state index contributed by atoms with van der Waals surface area (Å²) in [5.41, 5.74) is 0.299. The predicted octanol–water partition coefficient (Wildman–Crippen LogP) is 3.62. The van der Waals surface area contributed by atoms with Gasteiger partial charge in [-0.1, -0.05) is 0 Å². The molecule has 0 radical (unpaired) electrons. The Morgan fingerprint density at radius 3 is 2.05 bits per heavy atom. The number of carbonyl (C=O) groups excluding carboxylic acids is 1. The number of esters is 1. The van der Waals surface area contributed by atoms with Gasteiger partial charge in [0.25, 0.3) is 0 Å². The smallest absolute Gasteiger partial charge is 0.455 e. The second kappa shape index (κ2) is 5.23. The number of H-pyrrole nitrogens is 1. The Balaban J connectivity index is 2.86. The summed E-state index contributed by atoms with van der Waals surface area (Å²) in [6.45, 7) is 0.400. The van der Waals surface area contributed by atoms with Crippen LogP contribution in [0.5, 0.6) is 0 Å². The number of aromatic nitrogens is 1. The molecule has 0 unspecified atom stereocenters. The molecule has 0 bridgehead atoms. The maximum atomic E-state index is 12.9. The van der Waals surface area contributed by atoms with Crippen LogP contribution in [0.15, 0.2) is 6.20 Å². The van der Waals surface area contributed by atoms with Gasteiger partial charge in [0.2, 0.25) is 0 Å². The van der Waals surface area contributed by atoms with Crippen LogP contribution in [0.2, 0.25) is 0 Å². The van der Waals surface area contributed by atoms with E-state index in [0.717, 1.165) is 0 Å². The summed E-state index contributed by atoms with van der Waals surface area (Å²) in [5, 5.41) is 0. The molecule has 0 spiro atoms. The van der Waals surface area contributed by atoms with Gasteiger partial charge >= 0.3 is 24.0 Å². The molecule has 1 aromatic heterocycles. The molecule has 0 aliphatic rings. The highest BCUT2D eigenvalue weighted by atomic mass is 19.4. The summed E-state index contributed by atoms with van der Waals surface area (Å²) in [4.78, 5) is 14.0. The normalized spacial score (nSPS) is 13.4. The van der Waals surface area contributed by atoms with Gasteiger partial charge in [-0.25, -0.2) is 4.79 Å². The first-order valence-corrected chi connectivity index (χ1v) is 5.45. The van der Waals surface area contributed by atoms with Crippen LogP contribution in [0.1, 0.15) is 21.6 Å². The molecule has 3 nitrogen and oxygen atoms in total. The average Bonchev–Trinajstić information content (AvgIpc) is 2.64. The third-order valence-electron chi connectivity index (χ3n) is 2.68. The summed E-state index contributed by atoms with van der Waals surface area (Å²) in [6, 6.07) is 0. The second-order valence-electron chi connectivity index (χ2n) is 4.32. The Bertz CT molecular complexity index is 514. The molecule has 0 fully saturated rings. The number of ether oxygens (including phenoxy) is 1. The van der Waals surface area contributed by atoms with Gasteiger partial charge in [0.1, 0.15) is 0 Å². The molecule has 120 valence electrons. The molecule has 1 N–H and O–H groups in total. The van der Waals surface area contributed by atoms with Crippen molar-refractivity contribution in [3.63, 3.8) is 0 Å². The molecule has 0 saturated carbocycles. The molecule has 0 aliphatic carbocycles. The van der Waals surface area contributed by atoms with Crippen molar-refractivity contribution >= 4 is 5.97 Å². The molecular weight excluding hydrogens is 311 g/mol. The minimum atomic E-state index is -6.46. The van der Waals surface area contributed by atoms with E-state index in [1.165, 1.54) is 20.0 Å². The summed E-state index contributed by atoms with van der Waals surface area (Å²) < 4.78 is 90.6. The van der Waals surface area contributed by atoms with Crippen LogP contribution in [-0.2, 0) is 4.74 Å². The van der Waals surface area contributed by atoms with E-state index in [0.29, 0.717) is 0 Å². The Kier molecular flexibility index (Phi) is 4.31. The molecule has 0 atom stereocenters. The predicted molar refractivity (Wildman–Crippen MR) is 56.5 cm³/mol. The van der Waals surface area contributed by atoms with E-state index in [4.69, 9.17) is 0 Å². The monoisotopic (exact) mass is 321 g/mol. The zero-order valence-corrected chi connectivity index (χ0v) is 10.7. The van der Waals surface area contributed by atoms with Gasteiger partial charge in [-0.05, 0) is 19.4 Å². The number of hydrogen-bond donors (Lipinski definition) is 1. The van der Waals surface area contributed by atoms with Gasteiger partial charge in [-0.3, -0.25) is 0 Å². The van der Waals surface area contributed by atoms with Gasteiger partial charge in [0.05, 0.1) is 5.56 Å². The fraction of sp³-hybridized carbons (Fsp3) is 0.545. The standard InChI is InChI=1S/C11H10F7NO2/c1-5-3-19-6(2)7(5)8(20)21-4-9(12,13)10(14,15)11(16,17)18/h3,19H,4H2,1-2H3. The number of nitrogens with one attached hydrogen (secondary N) is 1. The van der Waals surface area contributed by atoms with Crippen molar-refractivity contribution in [1.82, 2.24) is 4.98 Å². The third-order valence-corrected chi connectivity index (χ3v) is 2.68. The Hall–Kier alpha value is -1.74. The van der Waals surface area contributed by atoms with E-state index in [1.54, 1.807) is 0 Å². The van der Waals surface area contributed by atoms with Crippen molar-refractivity contribution in [3.05, 3.63) is 23.0 Å². The summed E-state index contributed by atoms with van der Waals surface area (Å²) in [5.74, 6) is -13.3. The minimum Gasteiger partial charge on any atom is -0.455 e. The van der Waals surface area contributed by atoms with Crippen LogP contribution in [0.25, 0.3) is 0 Å². The summed E-state index contributed by atoms with van der Waals surface area (Å²) >= 11 is 0. The second-order valence-corrected chi connectivity index (χ2v) is 4.32. The van der Waals surface area contributed by atoms with E-state index in [-0.39, 0.29) is 16.8 Å². The highest BCUT2D eigenvalue weighted by Crippen LogP contribution is 2.46. The molecule has 1 rings (SSSR count). The molecule has 0 aliphatic heterocycles. The molecule has 0 aromatic carbocycles. The van der Waals surface area contributed by atoms with E-state index in [2.05, 4.69) is 9.72 Å². The lowest BCUT2D eigenvalue weighted by molar-refractivity contribution is -0.359. The average molecular weight is 321 g/mol. The quantitative estimate of drug-likeness (QED) is 0.680. The third kappa shape index (κ3) is 3.13. The topological polar surface area (TPSA) is 42.1 Å². The first-order chi connectivity index (χ1) is 9.31. The molecule has 0 amide bonds. The summed E-state index contributed by atoms with van der Waals surface area (Å²) in [6.07, 6.45) is -5.13. The highest BCUT2D eigenvalue weighted by Gasteiger charge is 2.73. The Morgan fingerprint density at radius 1 is 1.14 bits per heavy atom. The number of hydrogen-bond acceptors (Lipinski definition) is 2. The fourth-order valence-corrected chi connectivity index (χ4v) is 1.50. The van der Waals surface area contributed by atoms with Crippen molar-refractivity contribution in [1.29, 1.82) is 0 Å². The van der Waals surface area contributed by atoms with Gasteiger partial charge in [-0.15, -0.1) is 0 Å². The number of carbonyl (C=O) groups is 1. The summed E-state index contributed by atoms with van der Waals surface area (Å²) in [7, 11) is 0. The van der Waals surface area contributed by atoms with Gasteiger partial charge < -0.3 is 9.72 Å². The number of alkyl halides is 7. The van der Waals surface area contributed by atoms with Crippen molar-refractivity contribution in [2.75, 3.05) is 6.61 Å².